The predicted molar refractivity (Wildman–Crippen MR) is 223 cm³/mol. The second-order valence-electron chi connectivity index (χ2n) is 13.2. The fourth-order valence-corrected chi connectivity index (χ4v) is 5.73. The van der Waals surface area contributed by atoms with Crippen LogP contribution in [0.3, 0.4) is 0 Å². The number of ether oxygens (including phenoxy) is 2. The second kappa shape index (κ2) is 39.4. The van der Waals surface area contributed by atoms with Gasteiger partial charge in [-0.15, -0.1) is 0 Å². The van der Waals surface area contributed by atoms with Crippen LogP contribution >= 0.6 is 7.82 Å². The Kier molecular flexibility index (Phi) is 37.3. The third kappa shape index (κ3) is 39.2. The van der Waals surface area contributed by atoms with E-state index in [0.29, 0.717) is 12.8 Å². The van der Waals surface area contributed by atoms with Crippen LogP contribution < -0.4 is 0 Å². The molecule has 314 valence electrons. The Morgan fingerprint density at radius 2 is 0.945 bits per heavy atom. The summed E-state index contributed by atoms with van der Waals surface area (Å²) in [6, 6.07) is 0. The molecule has 0 bridgehead atoms. The molecule has 11 heteroatoms. The van der Waals surface area contributed by atoms with E-state index in [-0.39, 0.29) is 19.4 Å². The highest BCUT2D eigenvalue weighted by atomic mass is 31.2. The van der Waals surface area contributed by atoms with E-state index in [2.05, 4.69) is 103 Å². The largest absolute Gasteiger partial charge is 0.472 e. The number of hydrogen-bond acceptors (Lipinski definition) is 9. The molecule has 3 unspecified atom stereocenters. The number of carbonyl (C=O) groups is 2. The SMILES string of the molecule is CC/C=C\C/C=C\C/C=C\C/C=C\CCCCCCC(=O)OC(COC(=O)CCCCCCC/C=C\C/C=C\C/C=C\CC)COP(=O)(O)OCC(O)CO. The van der Waals surface area contributed by atoms with Gasteiger partial charge in [0.25, 0.3) is 0 Å². The topological polar surface area (TPSA) is 149 Å². The normalized spacial score (nSPS) is 14.8. The summed E-state index contributed by atoms with van der Waals surface area (Å²) in [5, 5.41) is 18.3. The van der Waals surface area contributed by atoms with E-state index in [1.54, 1.807) is 0 Å². The molecule has 0 aliphatic heterocycles. The van der Waals surface area contributed by atoms with E-state index in [1.165, 1.54) is 0 Å². The lowest BCUT2D eigenvalue weighted by Gasteiger charge is -2.20. The molecule has 0 spiro atoms. The standard InChI is InChI=1S/C44H73O10P/c1-3-5-7-9-11-13-15-17-19-20-22-24-26-28-30-32-34-36-44(48)54-42(40-53-55(49,50)52-38-41(46)37-45)39-51-43(47)35-33-31-29-27-25-23-21-18-16-14-12-10-8-6-4-2/h5-8,11-14,17-19,21-22,24,41-42,45-46H,3-4,9-10,15-16,20,23,25-40H2,1-2H3,(H,49,50)/b7-5-,8-6-,13-11-,14-12-,19-17-,21-18-,24-22-. The van der Waals surface area contributed by atoms with Crippen LogP contribution in [0.5, 0.6) is 0 Å². The minimum atomic E-state index is -4.63. The molecule has 0 radical (unpaired) electrons. The van der Waals surface area contributed by atoms with Crippen LogP contribution in [0.15, 0.2) is 85.1 Å². The monoisotopic (exact) mass is 792 g/mol. The number of phosphoric ester groups is 1. The highest BCUT2D eigenvalue weighted by Gasteiger charge is 2.27. The zero-order chi connectivity index (χ0) is 40.5. The molecule has 0 aromatic rings. The number of hydrogen-bond donors (Lipinski definition) is 3. The summed E-state index contributed by atoms with van der Waals surface area (Å²) in [5.41, 5.74) is 0. The molecule has 10 nitrogen and oxygen atoms in total. The molecule has 3 atom stereocenters. The quantitative estimate of drug-likeness (QED) is 0.0240. The first-order valence-electron chi connectivity index (χ1n) is 20.5. The van der Waals surface area contributed by atoms with Crippen LogP contribution in [0, 0.1) is 0 Å². The molecule has 0 fully saturated rings. The maximum absolute atomic E-state index is 12.6. The van der Waals surface area contributed by atoms with Crippen LogP contribution in [0.2, 0.25) is 0 Å². The fraction of sp³-hybridized carbons (Fsp3) is 0.636. The number of rotatable bonds is 37. The van der Waals surface area contributed by atoms with Crippen molar-refractivity contribution in [2.75, 3.05) is 26.4 Å². The van der Waals surface area contributed by atoms with Crippen molar-refractivity contribution in [2.45, 2.75) is 154 Å². The molecule has 0 aromatic heterocycles. The lowest BCUT2D eigenvalue weighted by Crippen LogP contribution is -2.29. The maximum atomic E-state index is 12.6. The maximum Gasteiger partial charge on any atom is 0.472 e. The molecule has 0 saturated heterocycles. The van der Waals surface area contributed by atoms with Crippen molar-refractivity contribution in [3.8, 4) is 0 Å². The summed E-state index contributed by atoms with van der Waals surface area (Å²) in [6.45, 7) is 2.08. The molecule has 55 heavy (non-hydrogen) atoms. The predicted octanol–water partition coefficient (Wildman–Crippen LogP) is 10.7. The Morgan fingerprint density at radius 3 is 1.42 bits per heavy atom. The van der Waals surface area contributed by atoms with Gasteiger partial charge in [-0.2, -0.15) is 0 Å². The summed E-state index contributed by atoms with van der Waals surface area (Å²) < 4.78 is 32.6. The van der Waals surface area contributed by atoms with Gasteiger partial charge in [-0.1, -0.05) is 131 Å². The van der Waals surface area contributed by atoms with Gasteiger partial charge in [0.15, 0.2) is 6.10 Å². The fourth-order valence-electron chi connectivity index (χ4n) is 4.94. The van der Waals surface area contributed by atoms with Gasteiger partial charge in [0.1, 0.15) is 12.7 Å². The van der Waals surface area contributed by atoms with Gasteiger partial charge in [-0.25, -0.2) is 4.57 Å². The van der Waals surface area contributed by atoms with Gasteiger partial charge in [0, 0.05) is 12.8 Å². The van der Waals surface area contributed by atoms with Gasteiger partial charge in [-0.05, 0) is 83.5 Å². The Hall–Kier alpha value is -2.85. The van der Waals surface area contributed by atoms with Crippen molar-refractivity contribution in [1.82, 2.24) is 0 Å². The minimum Gasteiger partial charge on any atom is -0.462 e. The smallest absolute Gasteiger partial charge is 0.462 e. The van der Waals surface area contributed by atoms with Crippen molar-refractivity contribution < 1.29 is 47.8 Å². The first kappa shape index (κ1) is 52.2. The van der Waals surface area contributed by atoms with Crippen molar-refractivity contribution >= 4 is 19.8 Å². The van der Waals surface area contributed by atoms with Crippen molar-refractivity contribution in [1.29, 1.82) is 0 Å². The van der Waals surface area contributed by atoms with E-state index in [1.807, 2.05) is 0 Å². The van der Waals surface area contributed by atoms with E-state index < -0.39 is 51.8 Å². The van der Waals surface area contributed by atoms with E-state index in [0.717, 1.165) is 103 Å². The summed E-state index contributed by atoms with van der Waals surface area (Å²) in [4.78, 5) is 34.9. The molecule has 0 saturated carbocycles. The van der Waals surface area contributed by atoms with Gasteiger partial charge in [0.2, 0.25) is 0 Å². The number of aliphatic hydroxyl groups excluding tert-OH is 2. The molecular weight excluding hydrogens is 719 g/mol. The lowest BCUT2D eigenvalue weighted by molar-refractivity contribution is -0.161. The highest BCUT2D eigenvalue weighted by molar-refractivity contribution is 7.47. The minimum absolute atomic E-state index is 0.147. The second-order valence-corrected chi connectivity index (χ2v) is 14.7. The Balaban J connectivity index is 4.42. The number of allylic oxidation sites excluding steroid dienone is 14. The molecule has 0 aliphatic rings. The molecule has 0 aromatic carbocycles. The lowest BCUT2D eigenvalue weighted by atomic mass is 10.1. The molecule has 0 amide bonds. The number of aliphatic hydroxyl groups is 2. The van der Waals surface area contributed by atoms with Gasteiger partial charge in [-0.3, -0.25) is 18.6 Å². The number of unbranched alkanes of at least 4 members (excludes halogenated alkanes) is 9. The van der Waals surface area contributed by atoms with Crippen LogP contribution in [0.1, 0.15) is 142 Å². The number of esters is 2. The third-order valence-corrected chi connectivity index (χ3v) is 9.00. The Labute approximate surface area is 332 Å². The summed E-state index contributed by atoms with van der Waals surface area (Å²) in [5.74, 6) is -0.982. The summed E-state index contributed by atoms with van der Waals surface area (Å²) >= 11 is 0. The van der Waals surface area contributed by atoms with Crippen molar-refractivity contribution in [3.05, 3.63) is 85.1 Å². The Morgan fingerprint density at radius 1 is 0.545 bits per heavy atom. The molecule has 0 heterocycles. The summed E-state index contributed by atoms with van der Waals surface area (Å²) in [6.07, 6.45) is 45.5. The van der Waals surface area contributed by atoms with Gasteiger partial charge < -0.3 is 24.6 Å². The average molecular weight is 793 g/mol. The number of carbonyl (C=O) groups excluding carboxylic acids is 2. The van der Waals surface area contributed by atoms with Crippen molar-refractivity contribution in [3.63, 3.8) is 0 Å². The molecule has 0 rings (SSSR count). The first-order valence-corrected chi connectivity index (χ1v) is 22.0. The van der Waals surface area contributed by atoms with E-state index in [9.17, 15) is 24.2 Å². The zero-order valence-corrected chi connectivity index (χ0v) is 34.7. The Bertz CT molecular complexity index is 1190. The van der Waals surface area contributed by atoms with Gasteiger partial charge >= 0.3 is 19.8 Å². The highest BCUT2D eigenvalue weighted by Crippen LogP contribution is 2.43. The average Bonchev–Trinajstić information content (AvgIpc) is 3.17. The van der Waals surface area contributed by atoms with Crippen LogP contribution in [0.4, 0.5) is 0 Å². The van der Waals surface area contributed by atoms with Crippen LogP contribution in [0.25, 0.3) is 0 Å². The van der Waals surface area contributed by atoms with E-state index in [4.69, 9.17) is 19.1 Å². The first-order chi connectivity index (χ1) is 26.7. The molecule has 3 N–H and O–H groups in total. The number of phosphoric acid groups is 1. The zero-order valence-electron chi connectivity index (χ0n) is 33.9. The van der Waals surface area contributed by atoms with E-state index >= 15 is 0 Å². The van der Waals surface area contributed by atoms with Gasteiger partial charge in [0.05, 0.1) is 19.8 Å². The summed E-state index contributed by atoms with van der Waals surface area (Å²) in [7, 11) is -4.63. The molecular formula is C44H73O10P. The van der Waals surface area contributed by atoms with Crippen LogP contribution in [-0.4, -0.2) is 65.7 Å². The third-order valence-electron chi connectivity index (χ3n) is 8.04. The van der Waals surface area contributed by atoms with Crippen LogP contribution in [-0.2, 0) is 32.7 Å². The van der Waals surface area contributed by atoms with Crippen molar-refractivity contribution in [2.24, 2.45) is 0 Å². The molecule has 0 aliphatic carbocycles.